The number of nitrogens with one attached hydrogen (secondary N) is 2. The molecule has 22 heavy (non-hydrogen) atoms. The summed E-state index contributed by atoms with van der Waals surface area (Å²) in [5.41, 5.74) is 6.42. The van der Waals surface area contributed by atoms with Crippen molar-refractivity contribution in [3.63, 3.8) is 0 Å². The minimum atomic E-state index is -0.322. The Balaban J connectivity index is 2.16. The van der Waals surface area contributed by atoms with Gasteiger partial charge in [0.25, 0.3) is 5.91 Å². The molecular weight excluding hydrogens is 280 g/mol. The molecule has 0 aliphatic heterocycles. The normalized spacial score (nSPS) is 11.5. The van der Waals surface area contributed by atoms with Crippen LogP contribution in [0.2, 0.25) is 0 Å². The number of nitrogens with zero attached hydrogens (tertiary/aromatic N) is 4. The van der Waals surface area contributed by atoms with Gasteiger partial charge in [-0.1, -0.05) is 13.8 Å². The number of hydrogen-bond acceptors (Lipinski definition) is 5. The van der Waals surface area contributed by atoms with E-state index in [4.69, 9.17) is 0 Å². The van der Waals surface area contributed by atoms with E-state index < -0.39 is 0 Å². The molecule has 0 bridgehead atoms. The van der Waals surface area contributed by atoms with Crippen LogP contribution in [-0.2, 0) is 5.54 Å². The van der Waals surface area contributed by atoms with Gasteiger partial charge in [0.05, 0.1) is 5.54 Å². The van der Waals surface area contributed by atoms with Gasteiger partial charge in [-0.3, -0.25) is 20.3 Å². The van der Waals surface area contributed by atoms with Crippen LogP contribution in [0.15, 0.2) is 24.5 Å². The molecule has 118 valence electrons. The maximum atomic E-state index is 12.2. The molecule has 0 saturated carbocycles. The van der Waals surface area contributed by atoms with Crippen LogP contribution >= 0.6 is 0 Å². The smallest absolute Gasteiger partial charge is 0.266 e. The Morgan fingerprint density at radius 1 is 1.23 bits per heavy atom. The van der Waals surface area contributed by atoms with Gasteiger partial charge in [0.1, 0.15) is 0 Å². The highest BCUT2D eigenvalue weighted by molar-refractivity contribution is 5.93. The van der Waals surface area contributed by atoms with Crippen molar-refractivity contribution in [1.82, 2.24) is 25.2 Å². The largest absolute Gasteiger partial charge is 0.290 e. The van der Waals surface area contributed by atoms with Gasteiger partial charge in [-0.15, -0.1) is 0 Å². The summed E-state index contributed by atoms with van der Waals surface area (Å²) in [5, 5.41) is 4.44. The average Bonchev–Trinajstić information content (AvgIpc) is 2.91. The second kappa shape index (κ2) is 6.13. The Bertz CT molecular complexity index is 642. The van der Waals surface area contributed by atoms with Crippen molar-refractivity contribution < 1.29 is 4.79 Å². The SMILES string of the molecule is CC(C)c1cc(C(=O)NNc2ncccn2)nn1C(C)(C)C. The zero-order valence-electron chi connectivity index (χ0n) is 13.6. The van der Waals surface area contributed by atoms with E-state index in [1.54, 1.807) is 18.5 Å². The van der Waals surface area contributed by atoms with Crippen molar-refractivity contribution in [2.75, 3.05) is 5.43 Å². The number of hydrogen-bond donors (Lipinski definition) is 2. The highest BCUT2D eigenvalue weighted by atomic mass is 16.2. The quantitative estimate of drug-likeness (QED) is 0.847. The molecule has 2 N–H and O–H groups in total. The molecule has 0 aliphatic carbocycles. The van der Waals surface area contributed by atoms with Gasteiger partial charge in [0.2, 0.25) is 5.95 Å². The van der Waals surface area contributed by atoms with Crippen LogP contribution in [0.1, 0.15) is 56.7 Å². The van der Waals surface area contributed by atoms with Crippen molar-refractivity contribution in [2.24, 2.45) is 0 Å². The summed E-state index contributed by atoms with van der Waals surface area (Å²) in [4.78, 5) is 20.2. The fraction of sp³-hybridized carbons (Fsp3) is 0.467. The van der Waals surface area contributed by atoms with E-state index in [0.29, 0.717) is 11.6 Å². The Hall–Kier alpha value is -2.44. The highest BCUT2D eigenvalue weighted by Gasteiger charge is 2.23. The number of carbonyl (C=O) groups excluding carboxylic acids is 1. The standard InChI is InChI=1S/C15H22N6O/c1-10(2)12-9-11(20-21(12)15(3,4)5)13(22)18-19-14-16-7-6-8-17-14/h6-10H,1-5H3,(H,18,22)(H,16,17,19). The zero-order valence-corrected chi connectivity index (χ0v) is 13.6. The predicted octanol–water partition coefficient (Wildman–Crippen LogP) is 2.31. The van der Waals surface area contributed by atoms with E-state index in [2.05, 4.69) is 60.5 Å². The second-order valence-electron chi connectivity index (χ2n) is 6.34. The Morgan fingerprint density at radius 2 is 1.86 bits per heavy atom. The molecule has 2 rings (SSSR count). The first-order valence-corrected chi connectivity index (χ1v) is 7.23. The van der Waals surface area contributed by atoms with Gasteiger partial charge in [0.15, 0.2) is 5.69 Å². The molecule has 1 amide bonds. The summed E-state index contributed by atoms with van der Waals surface area (Å²) < 4.78 is 1.89. The van der Waals surface area contributed by atoms with Crippen molar-refractivity contribution in [1.29, 1.82) is 0 Å². The third-order valence-corrected chi connectivity index (χ3v) is 3.05. The average molecular weight is 302 g/mol. The Morgan fingerprint density at radius 3 is 2.36 bits per heavy atom. The molecule has 0 atom stereocenters. The van der Waals surface area contributed by atoms with Crippen molar-refractivity contribution >= 4 is 11.9 Å². The molecule has 7 nitrogen and oxygen atoms in total. The Kier molecular flexibility index (Phi) is 4.44. The van der Waals surface area contributed by atoms with Crippen LogP contribution in [0.4, 0.5) is 5.95 Å². The number of carbonyl (C=O) groups is 1. The number of hydrazine groups is 1. The molecule has 0 aromatic carbocycles. The van der Waals surface area contributed by atoms with E-state index in [0.717, 1.165) is 5.69 Å². The molecule has 2 aromatic heterocycles. The molecule has 2 aromatic rings. The zero-order chi connectivity index (χ0) is 16.3. The molecule has 0 aliphatic rings. The molecule has 0 unspecified atom stereocenters. The van der Waals surface area contributed by atoms with Gasteiger partial charge in [-0.05, 0) is 38.8 Å². The number of anilines is 1. The van der Waals surface area contributed by atoms with Crippen LogP contribution in [0, 0.1) is 0 Å². The summed E-state index contributed by atoms with van der Waals surface area (Å²) in [6, 6.07) is 3.52. The summed E-state index contributed by atoms with van der Waals surface area (Å²) >= 11 is 0. The first kappa shape index (κ1) is 15.9. The number of amides is 1. The third kappa shape index (κ3) is 3.60. The third-order valence-electron chi connectivity index (χ3n) is 3.05. The summed E-state index contributed by atoms with van der Waals surface area (Å²) in [7, 11) is 0. The van der Waals surface area contributed by atoms with E-state index in [1.807, 2.05) is 10.7 Å². The van der Waals surface area contributed by atoms with Crippen molar-refractivity contribution in [2.45, 2.75) is 46.1 Å². The van der Waals surface area contributed by atoms with E-state index in [-0.39, 0.29) is 17.4 Å². The molecule has 0 saturated heterocycles. The Labute approximate surface area is 130 Å². The summed E-state index contributed by atoms with van der Waals surface area (Å²) in [6.45, 7) is 10.3. The molecule has 0 fully saturated rings. The van der Waals surface area contributed by atoms with E-state index >= 15 is 0 Å². The van der Waals surface area contributed by atoms with Crippen LogP contribution < -0.4 is 10.9 Å². The number of aromatic nitrogens is 4. The monoisotopic (exact) mass is 302 g/mol. The molecule has 0 spiro atoms. The van der Waals surface area contributed by atoms with Crippen LogP contribution in [0.5, 0.6) is 0 Å². The van der Waals surface area contributed by atoms with E-state index in [9.17, 15) is 4.79 Å². The first-order chi connectivity index (χ1) is 10.3. The molecule has 0 radical (unpaired) electrons. The van der Waals surface area contributed by atoms with Crippen molar-refractivity contribution in [3.05, 3.63) is 35.9 Å². The van der Waals surface area contributed by atoms with Gasteiger partial charge in [0, 0.05) is 18.1 Å². The maximum Gasteiger partial charge on any atom is 0.290 e. The lowest BCUT2D eigenvalue weighted by molar-refractivity contribution is 0.0955. The lowest BCUT2D eigenvalue weighted by atomic mass is 10.1. The van der Waals surface area contributed by atoms with Gasteiger partial charge in [-0.2, -0.15) is 5.10 Å². The fourth-order valence-electron chi connectivity index (χ4n) is 2.00. The van der Waals surface area contributed by atoms with Crippen LogP contribution in [0.3, 0.4) is 0 Å². The molecular formula is C15H22N6O. The minimum absolute atomic E-state index is 0.186. The summed E-state index contributed by atoms with van der Waals surface area (Å²) in [6.07, 6.45) is 3.18. The number of rotatable bonds is 4. The van der Waals surface area contributed by atoms with Gasteiger partial charge in [-0.25, -0.2) is 9.97 Å². The van der Waals surface area contributed by atoms with E-state index in [1.165, 1.54) is 0 Å². The lowest BCUT2D eigenvalue weighted by Gasteiger charge is -2.23. The summed E-state index contributed by atoms with van der Waals surface area (Å²) in [5.74, 6) is 0.284. The lowest BCUT2D eigenvalue weighted by Crippen LogP contribution is -2.31. The minimum Gasteiger partial charge on any atom is -0.266 e. The van der Waals surface area contributed by atoms with Crippen LogP contribution in [0.25, 0.3) is 0 Å². The van der Waals surface area contributed by atoms with Crippen LogP contribution in [-0.4, -0.2) is 25.7 Å². The first-order valence-electron chi connectivity index (χ1n) is 7.23. The highest BCUT2D eigenvalue weighted by Crippen LogP contribution is 2.23. The second-order valence-corrected chi connectivity index (χ2v) is 6.34. The fourth-order valence-corrected chi connectivity index (χ4v) is 2.00. The van der Waals surface area contributed by atoms with Gasteiger partial charge >= 0.3 is 0 Å². The molecule has 2 heterocycles. The topological polar surface area (TPSA) is 84.7 Å². The van der Waals surface area contributed by atoms with Crippen molar-refractivity contribution in [3.8, 4) is 0 Å². The molecule has 7 heteroatoms. The van der Waals surface area contributed by atoms with Gasteiger partial charge < -0.3 is 0 Å². The maximum absolute atomic E-state index is 12.2. The predicted molar refractivity (Wildman–Crippen MR) is 84.4 cm³/mol.